The van der Waals surface area contributed by atoms with Crippen LogP contribution in [0.4, 0.5) is 5.69 Å². The molecule has 5 nitrogen and oxygen atoms in total. The minimum absolute atomic E-state index is 0.367. The first-order chi connectivity index (χ1) is 8.75. The lowest BCUT2D eigenvalue weighted by molar-refractivity contribution is 0.164. The van der Waals surface area contributed by atoms with Crippen LogP contribution in [0.1, 0.15) is 29.5 Å². The molecule has 1 atom stereocenters. The van der Waals surface area contributed by atoms with Gasteiger partial charge >= 0.3 is 0 Å². The Morgan fingerprint density at radius 3 is 3.00 bits per heavy atom. The number of hydrogen-bond acceptors (Lipinski definition) is 5. The standard InChI is InChI=1S/C13H15N3O2/c1-9-11(15-18-14-9)8-16-7-6-13(17)10-4-2-3-5-12(10)16/h2-5,13,17H,6-8H2,1H3. The number of para-hydroxylation sites is 1. The van der Waals surface area contributed by atoms with E-state index >= 15 is 0 Å². The Morgan fingerprint density at radius 1 is 1.39 bits per heavy atom. The van der Waals surface area contributed by atoms with Crippen LogP contribution < -0.4 is 4.90 Å². The Labute approximate surface area is 105 Å². The molecule has 5 heteroatoms. The van der Waals surface area contributed by atoms with E-state index in [0.29, 0.717) is 6.54 Å². The fourth-order valence-corrected chi connectivity index (χ4v) is 2.35. The van der Waals surface area contributed by atoms with E-state index in [2.05, 4.69) is 15.2 Å². The normalized spacial score (nSPS) is 18.8. The Balaban J connectivity index is 1.91. The van der Waals surface area contributed by atoms with Crippen molar-refractivity contribution in [1.82, 2.24) is 10.3 Å². The maximum Gasteiger partial charge on any atom is 0.127 e. The number of nitrogens with zero attached hydrogens (tertiary/aromatic N) is 3. The van der Waals surface area contributed by atoms with E-state index in [1.165, 1.54) is 0 Å². The Bertz CT molecular complexity index is 553. The van der Waals surface area contributed by atoms with Crippen LogP contribution in [0.15, 0.2) is 28.9 Å². The first kappa shape index (κ1) is 11.2. The molecule has 0 saturated carbocycles. The van der Waals surface area contributed by atoms with Gasteiger partial charge in [-0.1, -0.05) is 28.5 Å². The summed E-state index contributed by atoms with van der Waals surface area (Å²) in [6, 6.07) is 7.94. The molecule has 3 rings (SSSR count). The number of aromatic nitrogens is 2. The second kappa shape index (κ2) is 4.42. The van der Waals surface area contributed by atoms with Crippen LogP contribution in [0.5, 0.6) is 0 Å². The summed E-state index contributed by atoms with van der Waals surface area (Å²) in [5.41, 5.74) is 3.72. The summed E-state index contributed by atoms with van der Waals surface area (Å²) in [7, 11) is 0. The summed E-state index contributed by atoms with van der Waals surface area (Å²) < 4.78 is 4.72. The fourth-order valence-electron chi connectivity index (χ4n) is 2.35. The second-order valence-corrected chi connectivity index (χ2v) is 4.58. The molecule has 2 aromatic rings. The summed E-state index contributed by atoms with van der Waals surface area (Å²) in [4.78, 5) is 2.20. The van der Waals surface area contributed by atoms with E-state index in [4.69, 9.17) is 4.63 Å². The maximum absolute atomic E-state index is 9.99. The van der Waals surface area contributed by atoms with Gasteiger partial charge in [-0.2, -0.15) is 0 Å². The quantitative estimate of drug-likeness (QED) is 0.874. The lowest BCUT2D eigenvalue weighted by Crippen LogP contribution is -2.31. The van der Waals surface area contributed by atoms with E-state index in [1.54, 1.807) is 0 Å². The summed E-state index contributed by atoms with van der Waals surface area (Å²) in [6.07, 6.45) is 0.371. The van der Waals surface area contributed by atoms with Crippen LogP contribution in [0.3, 0.4) is 0 Å². The number of benzene rings is 1. The van der Waals surface area contributed by atoms with Crippen molar-refractivity contribution >= 4 is 5.69 Å². The Hall–Kier alpha value is -1.88. The van der Waals surface area contributed by atoms with Gasteiger partial charge in [0.2, 0.25) is 0 Å². The predicted molar refractivity (Wildman–Crippen MR) is 66.1 cm³/mol. The minimum Gasteiger partial charge on any atom is -0.388 e. The molecule has 2 heterocycles. The smallest absolute Gasteiger partial charge is 0.127 e. The molecule has 94 valence electrons. The largest absolute Gasteiger partial charge is 0.388 e. The number of anilines is 1. The molecule has 0 radical (unpaired) electrons. The number of aliphatic hydroxyl groups excluding tert-OH is 1. The fraction of sp³-hybridized carbons (Fsp3) is 0.385. The lowest BCUT2D eigenvalue weighted by Gasteiger charge is -2.33. The third-order valence-electron chi connectivity index (χ3n) is 3.40. The van der Waals surface area contributed by atoms with Gasteiger partial charge in [-0.3, -0.25) is 0 Å². The van der Waals surface area contributed by atoms with Crippen molar-refractivity contribution in [1.29, 1.82) is 0 Å². The zero-order chi connectivity index (χ0) is 12.5. The molecule has 1 aromatic carbocycles. The van der Waals surface area contributed by atoms with Gasteiger partial charge in [0.15, 0.2) is 0 Å². The van der Waals surface area contributed by atoms with Crippen LogP contribution in [0, 0.1) is 6.92 Å². The zero-order valence-corrected chi connectivity index (χ0v) is 10.2. The number of aliphatic hydroxyl groups is 1. The summed E-state index contributed by atoms with van der Waals surface area (Å²) in [6.45, 7) is 3.36. The highest BCUT2D eigenvalue weighted by molar-refractivity contribution is 5.56. The number of aryl methyl sites for hydroxylation is 1. The van der Waals surface area contributed by atoms with Crippen LogP contribution in [0.2, 0.25) is 0 Å². The molecule has 0 aliphatic carbocycles. The summed E-state index contributed by atoms with van der Waals surface area (Å²) in [5, 5.41) is 17.7. The van der Waals surface area contributed by atoms with E-state index in [1.807, 2.05) is 31.2 Å². The van der Waals surface area contributed by atoms with Crippen molar-refractivity contribution < 1.29 is 9.74 Å². The predicted octanol–water partition coefficient (Wildman–Crippen LogP) is 1.82. The van der Waals surface area contributed by atoms with Gasteiger partial charge in [0, 0.05) is 17.8 Å². The maximum atomic E-state index is 9.99. The monoisotopic (exact) mass is 245 g/mol. The van der Waals surface area contributed by atoms with E-state index < -0.39 is 0 Å². The van der Waals surface area contributed by atoms with Gasteiger partial charge in [0.05, 0.1) is 12.6 Å². The molecule has 0 amide bonds. The van der Waals surface area contributed by atoms with E-state index in [0.717, 1.165) is 35.6 Å². The molecular weight excluding hydrogens is 230 g/mol. The van der Waals surface area contributed by atoms with Crippen LogP contribution in [-0.4, -0.2) is 22.0 Å². The molecule has 1 aliphatic rings. The molecule has 18 heavy (non-hydrogen) atoms. The first-order valence-corrected chi connectivity index (χ1v) is 6.05. The minimum atomic E-state index is -0.367. The Morgan fingerprint density at radius 2 is 2.22 bits per heavy atom. The average molecular weight is 245 g/mol. The molecule has 0 bridgehead atoms. The van der Waals surface area contributed by atoms with Crippen LogP contribution >= 0.6 is 0 Å². The summed E-state index contributed by atoms with van der Waals surface area (Å²) in [5.74, 6) is 0. The second-order valence-electron chi connectivity index (χ2n) is 4.58. The van der Waals surface area contributed by atoms with Crippen molar-refractivity contribution in [3.05, 3.63) is 41.2 Å². The zero-order valence-electron chi connectivity index (χ0n) is 10.2. The molecule has 1 aromatic heterocycles. The first-order valence-electron chi connectivity index (χ1n) is 6.05. The highest BCUT2D eigenvalue weighted by Gasteiger charge is 2.24. The van der Waals surface area contributed by atoms with Crippen molar-refractivity contribution in [3.8, 4) is 0 Å². The Kier molecular flexibility index (Phi) is 2.76. The topological polar surface area (TPSA) is 62.4 Å². The van der Waals surface area contributed by atoms with Gasteiger partial charge in [0.1, 0.15) is 11.4 Å². The lowest BCUT2D eigenvalue weighted by atomic mass is 9.99. The van der Waals surface area contributed by atoms with E-state index in [9.17, 15) is 5.11 Å². The molecule has 0 fully saturated rings. The molecule has 1 N–H and O–H groups in total. The van der Waals surface area contributed by atoms with Gasteiger partial charge in [0.25, 0.3) is 0 Å². The van der Waals surface area contributed by atoms with Crippen molar-refractivity contribution in [3.63, 3.8) is 0 Å². The molecule has 1 unspecified atom stereocenters. The van der Waals surface area contributed by atoms with Gasteiger partial charge in [-0.25, -0.2) is 4.63 Å². The van der Waals surface area contributed by atoms with Crippen molar-refractivity contribution in [2.45, 2.75) is 26.0 Å². The van der Waals surface area contributed by atoms with Crippen molar-refractivity contribution in [2.75, 3.05) is 11.4 Å². The van der Waals surface area contributed by atoms with Crippen LogP contribution in [0.25, 0.3) is 0 Å². The summed E-state index contributed by atoms with van der Waals surface area (Å²) >= 11 is 0. The third kappa shape index (κ3) is 1.86. The van der Waals surface area contributed by atoms with Crippen LogP contribution in [-0.2, 0) is 6.54 Å². The molecule has 0 saturated heterocycles. The van der Waals surface area contributed by atoms with Gasteiger partial charge in [-0.15, -0.1) is 0 Å². The highest BCUT2D eigenvalue weighted by atomic mass is 16.6. The highest BCUT2D eigenvalue weighted by Crippen LogP contribution is 2.34. The van der Waals surface area contributed by atoms with Crippen molar-refractivity contribution in [2.24, 2.45) is 0 Å². The molecule has 0 spiro atoms. The molecular formula is C13H15N3O2. The number of rotatable bonds is 2. The number of fused-ring (bicyclic) bond motifs is 1. The number of hydrogen-bond donors (Lipinski definition) is 1. The van der Waals surface area contributed by atoms with Gasteiger partial charge in [-0.05, 0) is 19.4 Å². The van der Waals surface area contributed by atoms with E-state index in [-0.39, 0.29) is 6.10 Å². The molecule has 1 aliphatic heterocycles. The average Bonchev–Trinajstić information content (AvgIpc) is 2.79. The third-order valence-corrected chi connectivity index (χ3v) is 3.40. The SMILES string of the molecule is Cc1nonc1CN1CCC(O)c2ccccc21. The van der Waals surface area contributed by atoms with Gasteiger partial charge < -0.3 is 10.0 Å².